The highest BCUT2D eigenvalue weighted by Gasteiger charge is 2.12. The minimum atomic E-state index is -0.190. The Morgan fingerprint density at radius 3 is 2.85 bits per heavy atom. The zero-order valence-corrected chi connectivity index (χ0v) is 15.0. The summed E-state index contributed by atoms with van der Waals surface area (Å²) in [5.74, 6) is 0.764. The van der Waals surface area contributed by atoms with E-state index in [1.54, 1.807) is 48.7 Å². The van der Waals surface area contributed by atoms with Gasteiger partial charge in [0.25, 0.3) is 0 Å². The Kier molecular flexibility index (Phi) is 5.57. The number of oxazole rings is 1. The first-order valence-electron chi connectivity index (χ1n) is 7.75. The smallest absolute Gasteiger partial charge is 0.224 e. The second kappa shape index (κ2) is 8.05. The lowest BCUT2D eigenvalue weighted by Gasteiger charge is -2.04. The highest BCUT2D eigenvalue weighted by molar-refractivity contribution is 6.36. The molecule has 0 aliphatic rings. The topological polar surface area (TPSA) is 78.9 Å². The number of hydrogen-bond acceptors (Lipinski definition) is 4. The van der Waals surface area contributed by atoms with E-state index in [0.29, 0.717) is 44.9 Å². The van der Waals surface area contributed by atoms with Crippen LogP contribution in [0, 0.1) is 11.3 Å². The molecule has 0 saturated heterocycles. The Morgan fingerprint density at radius 2 is 2.08 bits per heavy atom. The fraction of sp³-hybridized carbons (Fsp3) is 0.105. The van der Waals surface area contributed by atoms with Crippen molar-refractivity contribution >= 4 is 34.8 Å². The first-order chi connectivity index (χ1) is 12.5. The maximum Gasteiger partial charge on any atom is 0.224 e. The summed E-state index contributed by atoms with van der Waals surface area (Å²) in [5, 5.41) is 12.6. The van der Waals surface area contributed by atoms with Crippen molar-refractivity contribution in [2.45, 2.75) is 12.8 Å². The summed E-state index contributed by atoms with van der Waals surface area (Å²) >= 11 is 12.0. The summed E-state index contributed by atoms with van der Waals surface area (Å²) in [4.78, 5) is 16.2. The van der Waals surface area contributed by atoms with Crippen molar-refractivity contribution in [3.8, 4) is 17.4 Å². The molecule has 1 amide bonds. The van der Waals surface area contributed by atoms with Crippen LogP contribution in [0.3, 0.4) is 0 Å². The maximum atomic E-state index is 12.1. The number of amides is 1. The summed E-state index contributed by atoms with van der Waals surface area (Å²) in [6.45, 7) is 0. The molecule has 0 aliphatic heterocycles. The van der Waals surface area contributed by atoms with Crippen molar-refractivity contribution in [2.75, 3.05) is 5.32 Å². The molecule has 0 aliphatic carbocycles. The quantitative estimate of drug-likeness (QED) is 0.662. The van der Waals surface area contributed by atoms with E-state index in [0.717, 1.165) is 0 Å². The summed E-state index contributed by atoms with van der Waals surface area (Å²) < 4.78 is 5.67. The number of halogens is 2. The van der Waals surface area contributed by atoms with Crippen LogP contribution in [0.25, 0.3) is 11.3 Å². The third kappa shape index (κ3) is 4.42. The minimum absolute atomic E-state index is 0.190. The fourth-order valence-corrected chi connectivity index (χ4v) is 2.85. The van der Waals surface area contributed by atoms with Crippen molar-refractivity contribution in [2.24, 2.45) is 0 Å². The Balaban J connectivity index is 1.61. The highest BCUT2D eigenvalue weighted by Crippen LogP contribution is 2.30. The number of nitriles is 1. The van der Waals surface area contributed by atoms with Gasteiger partial charge in [-0.25, -0.2) is 4.98 Å². The van der Waals surface area contributed by atoms with Gasteiger partial charge in [0.15, 0.2) is 11.7 Å². The van der Waals surface area contributed by atoms with Gasteiger partial charge >= 0.3 is 0 Å². The average Bonchev–Trinajstić information content (AvgIpc) is 3.09. The third-order valence-electron chi connectivity index (χ3n) is 3.59. The maximum absolute atomic E-state index is 12.1. The van der Waals surface area contributed by atoms with E-state index in [-0.39, 0.29) is 12.3 Å². The second-order valence-electron chi connectivity index (χ2n) is 5.48. The average molecular weight is 386 g/mol. The zero-order chi connectivity index (χ0) is 18.5. The van der Waals surface area contributed by atoms with Gasteiger partial charge in [-0.15, -0.1) is 0 Å². The van der Waals surface area contributed by atoms with Gasteiger partial charge in [-0.05, 0) is 36.4 Å². The van der Waals surface area contributed by atoms with Gasteiger partial charge < -0.3 is 9.73 Å². The number of rotatable bonds is 5. The largest absolute Gasteiger partial charge is 0.441 e. The molecule has 0 spiro atoms. The van der Waals surface area contributed by atoms with Crippen molar-refractivity contribution < 1.29 is 9.21 Å². The summed E-state index contributed by atoms with van der Waals surface area (Å²) in [5.41, 5.74) is 1.75. The molecule has 0 saturated carbocycles. The Morgan fingerprint density at radius 1 is 1.23 bits per heavy atom. The number of aromatic nitrogens is 1. The SMILES string of the molecule is N#Cc1cccc(NC(=O)CCc2ncc(-c3ccc(Cl)cc3Cl)o2)c1. The fourth-order valence-electron chi connectivity index (χ4n) is 2.35. The number of anilines is 1. The standard InChI is InChI=1S/C19H13Cl2N3O2/c20-13-4-5-15(16(21)9-13)17-11-23-19(26-17)7-6-18(25)24-14-3-1-2-12(8-14)10-22/h1-5,8-9,11H,6-7H2,(H,24,25). The minimum Gasteiger partial charge on any atom is -0.441 e. The van der Waals surface area contributed by atoms with Crippen molar-refractivity contribution in [3.63, 3.8) is 0 Å². The number of benzene rings is 2. The number of nitrogens with one attached hydrogen (secondary N) is 1. The lowest BCUT2D eigenvalue weighted by atomic mass is 10.2. The molecule has 7 heteroatoms. The van der Waals surface area contributed by atoms with Crippen LogP contribution in [0.4, 0.5) is 5.69 Å². The van der Waals surface area contributed by atoms with Gasteiger partial charge in [0, 0.05) is 29.1 Å². The number of nitrogens with zero attached hydrogens (tertiary/aromatic N) is 2. The number of carbonyl (C=O) groups is 1. The van der Waals surface area contributed by atoms with Crippen LogP contribution < -0.4 is 5.32 Å². The van der Waals surface area contributed by atoms with Crippen LogP contribution in [0.2, 0.25) is 10.0 Å². The highest BCUT2D eigenvalue weighted by atomic mass is 35.5. The monoisotopic (exact) mass is 385 g/mol. The zero-order valence-electron chi connectivity index (χ0n) is 13.5. The van der Waals surface area contributed by atoms with Gasteiger partial charge in [-0.1, -0.05) is 29.3 Å². The molecular weight excluding hydrogens is 373 g/mol. The van der Waals surface area contributed by atoms with Crippen molar-refractivity contribution in [1.82, 2.24) is 4.98 Å². The normalized spacial score (nSPS) is 10.3. The molecular formula is C19H13Cl2N3O2. The van der Waals surface area contributed by atoms with E-state index in [1.165, 1.54) is 0 Å². The molecule has 1 aromatic heterocycles. The van der Waals surface area contributed by atoms with Crippen LogP contribution in [0.5, 0.6) is 0 Å². The third-order valence-corrected chi connectivity index (χ3v) is 4.14. The summed E-state index contributed by atoms with van der Waals surface area (Å²) in [6, 6.07) is 13.9. The van der Waals surface area contributed by atoms with E-state index in [9.17, 15) is 4.79 Å². The van der Waals surface area contributed by atoms with Crippen molar-refractivity contribution in [1.29, 1.82) is 5.26 Å². The van der Waals surface area contributed by atoms with E-state index in [2.05, 4.69) is 10.3 Å². The molecule has 3 rings (SSSR count). The summed E-state index contributed by atoms with van der Waals surface area (Å²) in [7, 11) is 0. The molecule has 3 aromatic rings. The molecule has 26 heavy (non-hydrogen) atoms. The first-order valence-corrected chi connectivity index (χ1v) is 8.51. The van der Waals surface area contributed by atoms with E-state index < -0.39 is 0 Å². The van der Waals surface area contributed by atoms with Gasteiger partial charge in [-0.3, -0.25) is 4.79 Å². The van der Waals surface area contributed by atoms with Crippen LogP contribution >= 0.6 is 23.2 Å². The molecule has 0 bridgehead atoms. The van der Waals surface area contributed by atoms with Gasteiger partial charge in [0.05, 0.1) is 22.9 Å². The van der Waals surface area contributed by atoms with Crippen LogP contribution in [0.15, 0.2) is 53.1 Å². The number of carbonyl (C=O) groups excluding carboxylic acids is 1. The molecule has 0 fully saturated rings. The van der Waals surface area contributed by atoms with Crippen LogP contribution in [-0.4, -0.2) is 10.9 Å². The Labute approximate surface area is 160 Å². The van der Waals surface area contributed by atoms with Crippen molar-refractivity contribution in [3.05, 3.63) is 70.2 Å². The predicted octanol–water partition coefficient (Wildman–Crippen LogP) is 5.09. The molecule has 1 N–H and O–H groups in total. The van der Waals surface area contributed by atoms with E-state index in [1.807, 2.05) is 6.07 Å². The first kappa shape index (κ1) is 18.0. The Bertz CT molecular complexity index is 992. The molecule has 2 aromatic carbocycles. The second-order valence-corrected chi connectivity index (χ2v) is 6.33. The molecule has 1 heterocycles. The number of hydrogen-bond donors (Lipinski definition) is 1. The van der Waals surface area contributed by atoms with Gasteiger partial charge in [-0.2, -0.15) is 5.26 Å². The van der Waals surface area contributed by atoms with E-state index >= 15 is 0 Å². The van der Waals surface area contributed by atoms with Gasteiger partial charge in [0.1, 0.15) is 0 Å². The molecule has 5 nitrogen and oxygen atoms in total. The number of aryl methyl sites for hydroxylation is 1. The molecule has 0 atom stereocenters. The van der Waals surface area contributed by atoms with Gasteiger partial charge in [0.2, 0.25) is 5.91 Å². The predicted molar refractivity (Wildman–Crippen MR) is 100 cm³/mol. The van der Waals surface area contributed by atoms with E-state index in [4.69, 9.17) is 32.9 Å². The molecule has 0 radical (unpaired) electrons. The lowest BCUT2D eigenvalue weighted by Crippen LogP contribution is -2.12. The van der Waals surface area contributed by atoms with Crippen LogP contribution in [-0.2, 0) is 11.2 Å². The Hall–Kier alpha value is -2.81. The lowest BCUT2D eigenvalue weighted by molar-refractivity contribution is -0.116. The molecule has 130 valence electrons. The summed E-state index contributed by atoms with van der Waals surface area (Å²) in [6.07, 6.45) is 2.11. The van der Waals surface area contributed by atoms with Crippen LogP contribution in [0.1, 0.15) is 17.9 Å². The molecule has 0 unspecified atom stereocenters.